The predicted molar refractivity (Wildman–Crippen MR) is 62.7 cm³/mol. The van der Waals surface area contributed by atoms with Crippen molar-refractivity contribution >= 4 is 21.7 Å². The van der Waals surface area contributed by atoms with Gasteiger partial charge in [0.1, 0.15) is 12.4 Å². The van der Waals surface area contributed by atoms with Gasteiger partial charge >= 0.3 is 0 Å². The third-order valence-electron chi connectivity index (χ3n) is 1.93. The first kappa shape index (κ1) is 13.3. The van der Waals surface area contributed by atoms with Crippen LogP contribution < -0.4 is 5.73 Å². The summed E-state index contributed by atoms with van der Waals surface area (Å²) in [6.07, 6.45) is 0.0453. The Balaban J connectivity index is 2.49. The fourth-order valence-corrected chi connectivity index (χ4v) is 1.53. The molecule has 0 radical (unpaired) electrons. The normalized spacial score (nSPS) is 10.4. The molecule has 0 aliphatic rings. The molecule has 0 unspecified atom stereocenters. The molecule has 3 nitrogen and oxygen atoms in total. The second-order valence-corrected chi connectivity index (χ2v) is 4.21. The van der Waals surface area contributed by atoms with Crippen LogP contribution in [0.2, 0.25) is 0 Å². The maximum Gasteiger partial charge on any atom is 0.162 e. The molecule has 0 fully saturated rings. The molecule has 0 aliphatic heterocycles. The van der Waals surface area contributed by atoms with Crippen molar-refractivity contribution in [1.82, 2.24) is 0 Å². The molecule has 0 spiro atoms. The first-order chi connectivity index (χ1) is 7.63. The molecule has 0 saturated heterocycles. The van der Waals surface area contributed by atoms with Gasteiger partial charge in [0.25, 0.3) is 0 Å². The Labute approximate surface area is 102 Å². The van der Waals surface area contributed by atoms with E-state index in [1.54, 1.807) is 12.1 Å². The van der Waals surface area contributed by atoms with Gasteiger partial charge in [0.2, 0.25) is 0 Å². The van der Waals surface area contributed by atoms with Crippen molar-refractivity contribution < 1.29 is 13.9 Å². The van der Waals surface area contributed by atoms with Gasteiger partial charge in [-0.3, -0.25) is 4.79 Å². The highest BCUT2D eigenvalue weighted by Crippen LogP contribution is 2.15. The second-order valence-electron chi connectivity index (χ2n) is 3.29. The van der Waals surface area contributed by atoms with Crippen LogP contribution in [0.4, 0.5) is 4.39 Å². The Morgan fingerprint density at radius 2 is 2.25 bits per heavy atom. The second kappa shape index (κ2) is 6.73. The van der Waals surface area contributed by atoms with Gasteiger partial charge in [0.05, 0.1) is 6.61 Å². The molecule has 0 saturated carbocycles. The van der Waals surface area contributed by atoms with Crippen LogP contribution in [0.25, 0.3) is 0 Å². The molecule has 5 heteroatoms. The lowest BCUT2D eigenvalue weighted by atomic mass is 10.1. The minimum atomic E-state index is -0.387. The number of rotatable bonds is 6. The molecular formula is C11H13BrFNO2. The van der Waals surface area contributed by atoms with Crippen molar-refractivity contribution in [2.45, 2.75) is 6.42 Å². The van der Waals surface area contributed by atoms with Crippen LogP contribution in [0.3, 0.4) is 0 Å². The van der Waals surface area contributed by atoms with Crippen LogP contribution in [0, 0.1) is 5.82 Å². The molecule has 0 aromatic heterocycles. The summed E-state index contributed by atoms with van der Waals surface area (Å²) in [5, 5.41) is 0. The predicted octanol–water partition coefficient (Wildman–Crippen LogP) is 1.68. The van der Waals surface area contributed by atoms with Crippen molar-refractivity contribution in [2.75, 3.05) is 19.8 Å². The highest BCUT2D eigenvalue weighted by molar-refractivity contribution is 9.10. The number of ether oxygens (including phenoxy) is 1. The molecule has 0 heterocycles. The first-order valence-corrected chi connectivity index (χ1v) is 5.66. The van der Waals surface area contributed by atoms with E-state index in [-0.39, 0.29) is 24.6 Å². The van der Waals surface area contributed by atoms with Gasteiger partial charge in [-0.1, -0.05) is 22.0 Å². The minimum absolute atomic E-state index is 0.0211. The van der Waals surface area contributed by atoms with E-state index in [1.165, 1.54) is 6.07 Å². The molecule has 16 heavy (non-hydrogen) atoms. The number of carbonyl (C=O) groups excluding carboxylic acids is 1. The number of carbonyl (C=O) groups is 1. The van der Waals surface area contributed by atoms with E-state index < -0.39 is 0 Å². The molecule has 0 bridgehead atoms. The smallest absolute Gasteiger partial charge is 0.162 e. The van der Waals surface area contributed by atoms with Crippen LogP contribution in [-0.4, -0.2) is 25.5 Å². The quantitative estimate of drug-likeness (QED) is 0.811. The lowest BCUT2D eigenvalue weighted by Gasteiger charge is -2.04. The van der Waals surface area contributed by atoms with Gasteiger partial charge in [-0.05, 0) is 17.7 Å². The third kappa shape index (κ3) is 4.38. The first-order valence-electron chi connectivity index (χ1n) is 4.87. The number of ketones is 1. The number of Topliss-reactive ketones (excluding diaryl/α,β-unsaturated/α-hetero) is 1. The average Bonchev–Trinajstić information content (AvgIpc) is 2.23. The van der Waals surface area contributed by atoms with Crippen LogP contribution in [0.15, 0.2) is 22.7 Å². The molecule has 0 aliphatic carbocycles. The Hall–Kier alpha value is -0.780. The fourth-order valence-electron chi connectivity index (χ4n) is 1.20. The van der Waals surface area contributed by atoms with Gasteiger partial charge in [-0.2, -0.15) is 0 Å². The molecular weight excluding hydrogens is 277 g/mol. The number of hydrogen-bond donors (Lipinski definition) is 1. The average molecular weight is 290 g/mol. The maximum absolute atomic E-state index is 13.4. The molecule has 1 aromatic rings. The Bertz CT molecular complexity index is 371. The Kier molecular flexibility index (Phi) is 5.59. The Morgan fingerprint density at radius 1 is 1.50 bits per heavy atom. The molecule has 0 atom stereocenters. The van der Waals surface area contributed by atoms with E-state index in [9.17, 15) is 9.18 Å². The highest BCUT2D eigenvalue weighted by Gasteiger charge is 2.08. The van der Waals surface area contributed by atoms with E-state index in [4.69, 9.17) is 10.5 Å². The van der Waals surface area contributed by atoms with Gasteiger partial charge in [0, 0.05) is 17.4 Å². The zero-order valence-corrected chi connectivity index (χ0v) is 10.3. The summed E-state index contributed by atoms with van der Waals surface area (Å²) in [6.45, 7) is 0.696. The SMILES string of the molecule is NCCOCC(=O)Cc1ccc(Br)cc1F. The number of nitrogens with two attached hydrogens (primary N) is 1. The molecule has 88 valence electrons. The lowest BCUT2D eigenvalue weighted by Crippen LogP contribution is -2.16. The lowest BCUT2D eigenvalue weighted by molar-refractivity contribution is -0.122. The fraction of sp³-hybridized carbons (Fsp3) is 0.364. The standard InChI is InChI=1S/C11H13BrFNO2/c12-9-2-1-8(11(13)6-9)5-10(15)7-16-4-3-14/h1-2,6H,3-5,7,14H2. The summed E-state index contributed by atoms with van der Waals surface area (Å²) in [6, 6.07) is 4.62. The van der Waals surface area contributed by atoms with Crippen LogP contribution >= 0.6 is 15.9 Å². The van der Waals surface area contributed by atoms with Crippen molar-refractivity contribution in [3.8, 4) is 0 Å². The van der Waals surface area contributed by atoms with E-state index in [0.717, 1.165) is 0 Å². The monoisotopic (exact) mass is 289 g/mol. The van der Waals surface area contributed by atoms with Crippen molar-refractivity contribution in [3.05, 3.63) is 34.1 Å². The zero-order chi connectivity index (χ0) is 12.0. The zero-order valence-electron chi connectivity index (χ0n) is 8.71. The van der Waals surface area contributed by atoms with E-state index in [2.05, 4.69) is 15.9 Å². The molecule has 0 amide bonds. The summed E-state index contributed by atoms with van der Waals surface area (Å²) in [4.78, 5) is 11.4. The minimum Gasteiger partial charge on any atom is -0.372 e. The summed E-state index contributed by atoms with van der Waals surface area (Å²) in [5.41, 5.74) is 5.59. The Morgan fingerprint density at radius 3 is 2.88 bits per heavy atom. The summed E-state index contributed by atoms with van der Waals surface area (Å²) in [7, 11) is 0. The van der Waals surface area contributed by atoms with Crippen LogP contribution in [-0.2, 0) is 16.0 Å². The number of halogens is 2. The van der Waals surface area contributed by atoms with Gasteiger partial charge in [-0.25, -0.2) is 4.39 Å². The van der Waals surface area contributed by atoms with Crippen molar-refractivity contribution in [3.63, 3.8) is 0 Å². The van der Waals surface area contributed by atoms with E-state index in [0.29, 0.717) is 23.2 Å². The molecule has 1 rings (SSSR count). The van der Waals surface area contributed by atoms with Crippen LogP contribution in [0.5, 0.6) is 0 Å². The number of hydrogen-bond acceptors (Lipinski definition) is 3. The largest absolute Gasteiger partial charge is 0.372 e. The maximum atomic E-state index is 13.4. The van der Waals surface area contributed by atoms with Gasteiger partial charge in [0.15, 0.2) is 5.78 Å². The summed E-state index contributed by atoms with van der Waals surface area (Å²) in [5.74, 6) is -0.545. The van der Waals surface area contributed by atoms with Crippen LogP contribution in [0.1, 0.15) is 5.56 Å². The van der Waals surface area contributed by atoms with Crippen molar-refractivity contribution in [2.24, 2.45) is 5.73 Å². The van der Waals surface area contributed by atoms with Crippen molar-refractivity contribution in [1.29, 1.82) is 0 Å². The highest BCUT2D eigenvalue weighted by atomic mass is 79.9. The van der Waals surface area contributed by atoms with E-state index >= 15 is 0 Å². The third-order valence-corrected chi connectivity index (χ3v) is 2.42. The summed E-state index contributed by atoms with van der Waals surface area (Å²) >= 11 is 3.15. The molecule has 1 aromatic carbocycles. The van der Waals surface area contributed by atoms with Gasteiger partial charge in [-0.15, -0.1) is 0 Å². The van der Waals surface area contributed by atoms with Gasteiger partial charge < -0.3 is 10.5 Å². The molecule has 2 N–H and O–H groups in total. The summed E-state index contributed by atoms with van der Waals surface area (Å²) < 4.78 is 19.0. The topological polar surface area (TPSA) is 52.3 Å². The number of benzene rings is 1. The van der Waals surface area contributed by atoms with E-state index in [1.807, 2.05) is 0 Å².